The van der Waals surface area contributed by atoms with Gasteiger partial charge in [-0.2, -0.15) is 0 Å². The second-order valence-electron chi connectivity index (χ2n) is 5.47. The lowest BCUT2D eigenvalue weighted by Gasteiger charge is -2.18. The third kappa shape index (κ3) is 3.68. The Balaban J connectivity index is 1.77. The third-order valence-electron chi connectivity index (χ3n) is 3.71. The van der Waals surface area contributed by atoms with Gasteiger partial charge in [-0.15, -0.1) is 11.3 Å². The Morgan fingerprint density at radius 2 is 2.00 bits per heavy atom. The molecule has 0 saturated heterocycles. The predicted molar refractivity (Wildman–Crippen MR) is 96.4 cm³/mol. The molecule has 0 N–H and O–H groups in total. The van der Waals surface area contributed by atoms with E-state index >= 15 is 0 Å². The van der Waals surface area contributed by atoms with Crippen LogP contribution in [0.15, 0.2) is 47.0 Å². The lowest BCUT2D eigenvalue weighted by atomic mass is 10.1. The number of thiophene rings is 1. The average molecular weight is 361 g/mol. The van der Waals surface area contributed by atoms with Crippen LogP contribution < -0.4 is 0 Å². The van der Waals surface area contributed by atoms with Gasteiger partial charge in [-0.3, -0.25) is 4.79 Å². The highest BCUT2D eigenvalue weighted by Gasteiger charge is 2.20. The molecule has 2 aromatic heterocycles. The maximum atomic E-state index is 12.6. The van der Waals surface area contributed by atoms with Crippen LogP contribution in [0.1, 0.15) is 27.9 Å². The van der Waals surface area contributed by atoms with Crippen molar-refractivity contribution in [1.29, 1.82) is 0 Å². The van der Waals surface area contributed by atoms with Crippen LogP contribution in [0.2, 0.25) is 4.34 Å². The van der Waals surface area contributed by atoms with E-state index in [1.807, 2.05) is 50.2 Å². The molecule has 6 heteroatoms. The quantitative estimate of drug-likeness (QED) is 0.641. The molecule has 0 radical (unpaired) electrons. The van der Waals surface area contributed by atoms with Crippen molar-refractivity contribution in [2.24, 2.45) is 0 Å². The Hall–Kier alpha value is -2.11. The fourth-order valence-electron chi connectivity index (χ4n) is 2.34. The first-order chi connectivity index (χ1) is 11.6. The number of benzene rings is 1. The molecule has 1 aromatic carbocycles. The molecule has 0 aliphatic heterocycles. The number of halogens is 1. The Kier molecular flexibility index (Phi) is 5.02. The molecule has 0 unspecified atom stereocenters. The zero-order valence-corrected chi connectivity index (χ0v) is 15.0. The summed E-state index contributed by atoms with van der Waals surface area (Å²) in [6, 6.07) is 13.4. The number of hydrogen-bond donors (Lipinski definition) is 0. The molecule has 0 saturated carbocycles. The van der Waals surface area contributed by atoms with Gasteiger partial charge in [-0.1, -0.05) is 46.6 Å². The molecule has 0 spiro atoms. The largest absolute Gasteiger partial charge is 0.350 e. The summed E-state index contributed by atoms with van der Waals surface area (Å²) in [6.45, 7) is 5.05. The molecule has 24 heavy (non-hydrogen) atoms. The molecule has 0 aliphatic rings. The zero-order chi connectivity index (χ0) is 17.1. The fourth-order valence-corrected chi connectivity index (χ4v) is 3.45. The van der Waals surface area contributed by atoms with E-state index in [4.69, 9.17) is 16.1 Å². The number of carbonyl (C=O) groups excluding carboxylic acids is 1. The van der Waals surface area contributed by atoms with E-state index in [9.17, 15) is 4.79 Å². The van der Waals surface area contributed by atoms with Gasteiger partial charge in [0, 0.05) is 23.1 Å². The van der Waals surface area contributed by atoms with Crippen molar-refractivity contribution in [3.05, 3.63) is 63.0 Å². The molecule has 0 fully saturated rings. The Labute approximate surface area is 149 Å². The SMILES string of the molecule is CCN(Cc1ccc(Cl)s1)C(=O)c1cc(-c2ccc(C)cc2)no1. The van der Waals surface area contributed by atoms with Crippen molar-refractivity contribution in [3.63, 3.8) is 0 Å². The van der Waals surface area contributed by atoms with E-state index in [2.05, 4.69) is 5.16 Å². The molecule has 4 nitrogen and oxygen atoms in total. The molecule has 0 bridgehead atoms. The van der Waals surface area contributed by atoms with Gasteiger partial charge >= 0.3 is 0 Å². The molecular formula is C18H17ClN2O2S. The van der Waals surface area contributed by atoms with E-state index in [-0.39, 0.29) is 11.7 Å². The van der Waals surface area contributed by atoms with Crippen LogP contribution in [0.3, 0.4) is 0 Å². The van der Waals surface area contributed by atoms with Gasteiger partial charge in [0.05, 0.1) is 10.9 Å². The molecule has 3 rings (SSSR count). The smallest absolute Gasteiger partial charge is 0.292 e. The van der Waals surface area contributed by atoms with Gasteiger partial charge in [-0.25, -0.2) is 0 Å². The lowest BCUT2D eigenvalue weighted by molar-refractivity contribution is 0.0712. The molecule has 0 atom stereocenters. The summed E-state index contributed by atoms with van der Waals surface area (Å²) in [6.07, 6.45) is 0. The molecule has 3 aromatic rings. The molecule has 124 valence electrons. The minimum Gasteiger partial charge on any atom is -0.350 e. The lowest BCUT2D eigenvalue weighted by Crippen LogP contribution is -2.29. The maximum Gasteiger partial charge on any atom is 0.292 e. The number of carbonyl (C=O) groups is 1. The van der Waals surface area contributed by atoms with Crippen LogP contribution in [0, 0.1) is 6.92 Å². The number of amides is 1. The van der Waals surface area contributed by atoms with Gasteiger partial charge in [0.2, 0.25) is 5.76 Å². The van der Waals surface area contributed by atoms with Crippen LogP contribution >= 0.6 is 22.9 Å². The van der Waals surface area contributed by atoms with E-state index < -0.39 is 0 Å². The standard InChI is InChI=1S/C18H17ClN2O2S/c1-3-21(11-14-8-9-17(19)24-14)18(22)16-10-15(20-23-16)13-6-4-12(2)5-7-13/h4-10H,3,11H2,1-2H3. The number of nitrogens with zero attached hydrogens (tertiary/aromatic N) is 2. The van der Waals surface area contributed by atoms with Crippen LogP contribution in [-0.2, 0) is 6.54 Å². The normalized spacial score (nSPS) is 10.8. The monoisotopic (exact) mass is 360 g/mol. The molecule has 0 aliphatic carbocycles. The fraction of sp³-hybridized carbons (Fsp3) is 0.222. The topological polar surface area (TPSA) is 46.3 Å². The number of hydrogen-bond acceptors (Lipinski definition) is 4. The first-order valence-electron chi connectivity index (χ1n) is 7.64. The van der Waals surface area contributed by atoms with Crippen molar-refractivity contribution in [2.45, 2.75) is 20.4 Å². The van der Waals surface area contributed by atoms with Gasteiger partial charge in [0.25, 0.3) is 5.91 Å². The third-order valence-corrected chi connectivity index (χ3v) is 4.93. The van der Waals surface area contributed by atoms with Crippen LogP contribution in [0.4, 0.5) is 0 Å². The summed E-state index contributed by atoms with van der Waals surface area (Å²) >= 11 is 7.43. The summed E-state index contributed by atoms with van der Waals surface area (Å²) in [5.41, 5.74) is 2.76. The minimum atomic E-state index is -0.173. The van der Waals surface area contributed by atoms with Gasteiger partial charge in [0.1, 0.15) is 5.69 Å². The second-order valence-corrected chi connectivity index (χ2v) is 7.27. The minimum absolute atomic E-state index is 0.173. The summed E-state index contributed by atoms with van der Waals surface area (Å²) in [5.74, 6) is 0.0722. The Morgan fingerprint density at radius 3 is 2.62 bits per heavy atom. The Morgan fingerprint density at radius 1 is 1.25 bits per heavy atom. The Bertz CT molecular complexity index is 839. The number of rotatable bonds is 5. The summed E-state index contributed by atoms with van der Waals surface area (Å²) < 4.78 is 5.99. The van der Waals surface area contributed by atoms with Crippen molar-refractivity contribution in [1.82, 2.24) is 10.1 Å². The molecule has 1 amide bonds. The van der Waals surface area contributed by atoms with Crippen molar-refractivity contribution < 1.29 is 9.32 Å². The van der Waals surface area contributed by atoms with Crippen LogP contribution in [0.25, 0.3) is 11.3 Å². The van der Waals surface area contributed by atoms with Crippen LogP contribution in [-0.4, -0.2) is 22.5 Å². The summed E-state index contributed by atoms with van der Waals surface area (Å²) in [4.78, 5) is 15.4. The summed E-state index contributed by atoms with van der Waals surface area (Å²) in [7, 11) is 0. The molecule has 2 heterocycles. The number of aryl methyl sites for hydroxylation is 1. The van der Waals surface area contributed by atoms with E-state index in [1.165, 1.54) is 16.9 Å². The van der Waals surface area contributed by atoms with E-state index in [0.717, 1.165) is 14.8 Å². The average Bonchev–Trinajstić information content (AvgIpc) is 3.22. The van der Waals surface area contributed by atoms with Gasteiger partial charge in [-0.05, 0) is 26.0 Å². The van der Waals surface area contributed by atoms with Crippen LogP contribution in [0.5, 0.6) is 0 Å². The van der Waals surface area contributed by atoms with Gasteiger partial charge < -0.3 is 9.42 Å². The van der Waals surface area contributed by atoms with Crippen molar-refractivity contribution in [3.8, 4) is 11.3 Å². The molecular weight excluding hydrogens is 344 g/mol. The van der Waals surface area contributed by atoms with E-state index in [1.54, 1.807) is 11.0 Å². The zero-order valence-electron chi connectivity index (χ0n) is 13.5. The van der Waals surface area contributed by atoms with Gasteiger partial charge in [0.15, 0.2) is 0 Å². The highest BCUT2D eigenvalue weighted by molar-refractivity contribution is 7.16. The van der Waals surface area contributed by atoms with Crippen molar-refractivity contribution >= 4 is 28.8 Å². The van der Waals surface area contributed by atoms with Crippen molar-refractivity contribution in [2.75, 3.05) is 6.54 Å². The van der Waals surface area contributed by atoms with E-state index in [0.29, 0.717) is 18.8 Å². The first-order valence-corrected chi connectivity index (χ1v) is 8.83. The number of aromatic nitrogens is 1. The maximum absolute atomic E-state index is 12.6. The summed E-state index contributed by atoms with van der Waals surface area (Å²) in [5, 5.41) is 4.02. The highest BCUT2D eigenvalue weighted by Crippen LogP contribution is 2.24. The first kappa shape index (κ1) is 16.7. The highest BCUT2D eigenvalue weighted by atomic mass is 35.5. The second kappa shape index (κ2) is 7.20. The predicted octanol–water partition coefficient (Wildman–Crippen LogP) is 5.03.